The van der Waals surface area contributed by atoms with Gasteiger partial charge in [-0.2, -0.15) is 0 Å². The normalized spacial score (nSPS) is 15.7. The smallest absolute Gasteiger partial charge is 0.134 e. The molecular formula is C25H34BrNOS. The third-order valence-corrected chi connectivity index (χ3v) is 8.03. The summed E-state index contributed by atoms with van der Waals surface area (Å²) in [5.41, 5.74) is 4.22. The van der Waals surface area contributed by atoms with E-state index in [9.17, 15) is 0 Å². The van der Waals surface area contributed by atoms with E-state index in [2.05, 4.69) is 78.0 Å². The van der Waals surface area contributed by atoms with Gasteiger partial charge in [-0.3, -0.25) is 0 Å². The molecule has 0 aliphatic carbocycles. The van der Waals surface area contributed by atoms with Gasteiger partial charge in [0.2, 0.25) is 0 Å². The lowest BCUT2D eigenvalue weighted by Gasteiger charge is -2.37. The largest absolute Gasteiger partial charge is 0.496 e. The van der Waals surface area contributed by atoms with Crippen molar-refractivity contribution in [3.8, 4) is 5.75 Å². The van der Waals surface area contributed by atoms with Crippen LogP contribution in [-0.4, -0.2) is 19.4 Å². The second-order valence-corrected chi connectivity index (χ2v) is 10.2. The number of aryl methyl sites for hydroxylation is 1. The Hall–Kier alpha value is -1.13. The molecule has 0 unspecified atom stereocenters. The molecule has 0 saturated heterocycles. The van der Waals surface area contributed by atoms with Crippen LogP contribution in [0.2, 0.25) is 0 Å². The van der Waals surface area contributed by atoms with Crippen LogP contribution in [0.25, 0.3) is 0 Å². The van der Waals surface area contributed by atoms with Crippen LogP contribution in [0.1, 0.15) is 57.9 Å². The highest BCUT2D eigenvalue weighted by atomic mass is 79.9. The SMILES string of the molecule is CCCCC1(CCCC)CSc2cc(OC)c(Br)cc2N(c2ccc(C)cc2)C1. The van der Waals surface area contributed by atoms with Crippen molar-refractivity contribution in [1.29, 1.82) is 0 Å². The molecule has 1 aliphatic rings. The predicted octanol–water partition coefficient (Wildman–Crippen LogP) is 8.38. The summed E-state index contributed by atoms with van der Waals surface area (Å²) < 4.78 is 6.63. The Bertz CT molecular complexity index is 797. The highest BCUT2D eigenvalue weighted by Gasteiger charge is 2.36. The van der Waals surface area contributed by atoms with Crippen molar-refractivity contribution in [3.63, 3.8) is 0 Å². The first-order valence-electron chi connectivity index (χ1n) is 10.9. The molecule has 1 heterocycles. The minimum Gasteiger partial charge on any atom is -0.496 e. The number of anilines is 2. The highest BCUT2D eigenvalue weighted by molar-refractivity contribution is 9.10. The maximum absolute atomic E-state index is 5.61. The molecule has 158 valence electrons. The lowest BCUT2D eigenvalue weighted by atomic mass is 9.79. The molecule has 2 nitrogen and oxygen atoms in total. The molecule has 0 N–H and O–H groups in total. The Morgan fingerprint density at radius 2 is 1.72 bits per heavy atom. The van der Waals surface area contributed by atoms with Crippen LogP contribution in [-0.2, 0) is 0 Å². The number of hydrogen-bond donors (Lipinski definition) is 0. The number of thioether (sulfide) groups is 1. The van der Waals surface area contributed by atoms with E-state index in [-0.39, 0.29) is 0 Å². The number of benzene rings is 2. The van der Waals surface area contributed by atoms with Gasteiger partial charge in [0, 0.05) is 22.9 Å². The summed E-state index contributed by atoms with van der Waals surface area (Å²) in [5, 5.41) is 0. The topological polar surface area (TPSA) is 12.5 Å². The van der Waals surface area contributed by atoms with E-state index in [1.807, 2.05) is 11.8 Å². The Balaban J connectivity index is 2.08. The van der Waals surface area contributed by atoms with Crippen LogP contribution in [0, 0.1) is 12.3 Å². The molecule has 2 aromatic carbocycles. The average molecular weight is 477 g/mol. The van der Waals surface area contributed by atoms with Gasteiger partial charge < -0.3 is 9.64 Å². The first kappa shape index (κ1) is 22.6. The van der Waals surface area contributed by atoms with Crippen molar-refractivity contribution in [3.05, 3.63) is 46.4 Å². The van der Waals surface area contributed by atoms with Crippen molar-refractivity contribution in [2.24, 2.45) is 5.41 Å². The molecule has 3 rings (SSSR count). The van der Waals surface area contributed by atoms with Crippen molar-refractivity contribution in [1.82, 2.24) is 0 Å². The van der Waals surface area contributed by atoms with Crippen molar-refractivity contribution < 1.29 is 4.74 Å². The molecule has 0 atom stereocenters. The van der Waals surface area contributed by atoms with E-state index >= 15 is 0 Å². The van der Waals surface area contributed by atoms with Gasteiger partial charge in [0.25, 0.3) is 0 Å². The standard InChI is InChI=1S/C25H34BrNOS/c1-5-7-13-25(14-8-6-2)17-27(20-11-9-19(3)10-12-20)22-15-21(26)23(28-4)16-24(22)29-18-25/h9-12,15-16H,5-8,13-14,17-18H2,1-4H3. The molecule has 2 aromatic rings. The molecule has 0 saturated carbocycles. The molecule has 0 spiro atoms. The fourth-order valence-corrected chi connectivity index (χ4v) is 6.03. The Morgan fingerprint density at radius 1 is 1.07 bits per heavy atom. The maximum atomic E-state index is 5.61. The Morgan fingerprint density at radius 3 is 2.31 bits per heavy atom. The first-order valence-corrected chi connectivity index (χ1v) is 12.6. The summed E-state index contributed by atoms with van der Waals surface area (Å²) in [6, 6.07) is 13.5. The fourth-order valence-electron chi connectivity index (χ4n) is 4.19. The molecule has 0 aromatic heterocycles. The number of nitrogens with zero attached hydrogens (tertiary/aromatic N) is 1. The van der Waals surface area contributed by atoms with Crippen molar-refractivity contribution in [2.45, 2.75) is 64.2 Å². The molecule has 0 radical (unpaired) electrons. The molecule has 29 heavy (non-hydrogen) atoms. The number of halogens is 1. The number of unbranched alkanes of at least 4 members (excludes halogenated alkanes) is 2. The summed E-state index contributed by atoms with van der Waals surface area (Å²) in [6.45, 7) is 7.86. The molecule has 4 heteroatoms. The lowest BCUT2D eigenvalue weighted by molar-refractivity contribution is 0.274. The van der Waals surface area contributed by atoms with Crippen molar-refractivity contribution >= 4 is 39.1 Å². The van der Waals surface area contributed by atoms with Gasteiger partial charge in [-0.05, 0) is 65.4 Å². The number of fused-ring (bicyclic) bond motifs is 1. The number of hydrogen-bond acceptors (Lipinski definition) is 3. The van der Waals surface area contributed by atoms with Gasteiger partial charge >= 0.3 is 0 Å². The third-order valence-electron chi connectivity index (χ3n) is 6.02. The third kappa shape index (κ3) is 5.32. The van der Waals surface area contributed by atoms with Gasteiger partial charge in [0.1, 0.15) is 5.75 Å². The second-order valence-electron chi connectivity index (χ2n) is 8.37. The minimum absolute atomic E-state index is 0.334. The van der Waals surface area contributed by atoms with E-state index in [0.717, 1.165) is 16.8 Å². The van der Waals surface area contributed by atoms with Crippen molar-refractivity contribution in [2.75, 3.05) is 24.3 Å². The lowest BCUT2D eigenvalue weighted by Crippen LogP contribution is -2.36. The van der Waals surface area contributed by atoms with Crippen LogP contribution in [0.15, 0.2) is 45.8 Å². The quantitative estimate of drug-likeness (QED) is 0.380. The summed E-state index contributed by atoms with van der Waals surface area (Å²) in [4.78, 5) is 3.88. The molecular weight excluding hydrogens is 442 g/mol. The average Bonchev–Trinajstić information content (AvgIpc) is 2.88. The van der Waals surface area contributed by atoms with Gasteiger partial charge in [-0.25, -0.2) is 0 Å². The molecule has 0 fully saturated rings. The van der Waals surface area contributed by atoms with E-state index in [1.165, 1.54) is 66.1 Å². The fraction of sp³-hybridized carbons (Fsp3) is 0.520. The van der Waals surface area contributed by atoms with Gasteiger partial charge in [0.15, 0.2) is 0 Å². The van der Waals surface area contributed by atoms with Crippen LogP contribution in [0.4, 0.5) is 11.4 Å². The first-order chi connectivity index (χ1) is 14.0. The predicted molar refractivity (Wildman–Crippen MR) is 131 cm³/mol. The van der Waals surface area contributed by atoms with E-state index in [0.29, 0.717) is 5.41 Å². The Kier molecular flexibility index (Phi) is 7.98. The van der Waals surface area contributed by atoms with Gasteiger partial charge in [-0.1, -0.05) is 57.2 Å². The van der Waals surface area contributed by atoms with Crippen LogP contribution < -0.4 is 9.64 Å². The molecule has 0 bridgehead atoms. The van der Waals surface area contributed by atoms with E-state index in [1.54, 1.807) is 7.11 Å². The zero-order valence-electron chi connectivity index (χ0n) is 18.3. The van der Waals surface area contributed by atoms with E-state index < -0.39 is 0 Å². The number of ether oxygens (including phenoxy) is 1. The van der Waals surface area contributed by atoms with Gasteiger partial charge in [-0.15, -0.1) is 11.8 Å². The van der Waals surface area contributed by atoms with Crippen LogP contribution >= 0.6 is 27.7 Å². The second kappa shape index (κ2) is 10.3. The molecule has 0 amide bonds. The van der Waals surface area contributed by atoms with E-state index in [4.69, 9.17) is 4.74 Å². The maximum Gasteiger partial charge on any atom is 0.134 e. The molecule has 1 aliphatic heterocycles. The van der Waals surface area contributed by atoms with Gasteiger partial charge in [0.05, 0.1) is 17.3 Å². The minimum atomic E-state index is 0.334. The van der Waals surface area contributed by atoms with Crippen LogP contribution in [0.5, 0.6) is 5.75 Å². The zero-order valence-corrected chi connectivity index (χ0v) is 20.7. The summed E-state index contributed by atoms with van der Waals surface area (Å²) in [6.07, 6.45) is 7.71. The van der Waals surface area contributed by atoms with Crippen LogP contribution in [0.3, 0.4) is 0 Å². The number of methoxy groups -OCH3 is 1. The summed E-state index contributed by atoms with van der Waals surface area (Å²) >= 11 is 5.74. The summed E-state index contributed by atoms with van der Waals surface area (Å²) in [5.74, 6) is 2.09. The zero-order chi connectivity index (χ0) is 20.9. The number of rotatable bonds is 8. The summed E-state index contributed by atoms with van der Waals surface area (Å²) in [7, 11) is 1.75. The monoisotopic (exact) mass is 475 g/mol. The Labute approximate surface area is 189 Å². The highest BCUT2D eigenvalue weighted by Crippen LogP contribution is 2.49.